The molecule has 0 aliphatic heterocycles. The van der Waals surface area contributed by atoms with Crippen molar-refractivity contribution in [1.29, 1.82) is 0 Å². The van der Waals surface area contributed by atoms with Crippen LogP contribution in [-0.2, 0) is 5.41 Å². The SMILES string of the molecule is c1ccc(N(c2ccccc2)c2cccc3oc4c5ccccc5c(-c5ccc(-c6ccc7c(c6)-c6ccccc6C7(c6ccccc6)c6ccccc6)cc5)cc4c23)cc1. The third kappa shape index (κ3) is 5.43. The lowest BCUT2D eigenvalue weighted by Gasteiger charge is -2.33. The highest BCUT2D eigenvalue weighted by molar-refractivity contribution is 6.22. The van der Waals surface area contributed by atoms with Gasteiger partial charge < -0.3 is 9.32 Å². The van der Waals surface area contributed by atoms with Gasteiger partial charge in [-0.3, -0.25) is 0 Å². The lowest BCUT2D eigenvalue weighted by Crippen LogP contribution is -2.28. The molecule has 1 aliphatic carbocycles. The number of hydrogen-bond acceptors (Lipinski definition) is 2. The number of rotatable bonds is 7. The van der Waals surface area contributed by atoms with Gasteiger partial charge in [0.15, 0.2) is 0 Å². The van der Waals surface area contributed by atoms with Crippen molar-refractivity contribution in [2.75, 3.05) is 4.90 Å². The third-order valence-electron chi connectivity index (χ3n) is 12.7. The number of para-hydroxylation sites is 2. The highest BCUT2D eigenvalue weighted by Gasteiger charge is 2.46. The van der Waals surface area contributed by atoms with Gasteiger partial charge in [-0.2, -0.15) is 0 Å². The van der Waals surface area contributed by atoms with Gasteiger partial charge in [-0.15, -0.1) is 0 Å². The number of benzene rings is 10. The van der Waals surface area contributed by atoms with E-state index in [1.54, 1.807) is 0 Å². The van der Waals surface area contributed by atoms with Gasteiger partial charge in [0.2, 0.25) is 0 Å². The monoisotopic (exact) mass is 777 g/mol. The third-order valence-corrected chi connectivity index (χ3v) is 12.7. The predicted octanol–water partition coefficient (Wildman–Crippen LogP) is 15.9. The molecule has 0 saturated heterocycles. The van der Waals surface area contributed by atoms with E-state index < -0.39 is 5.41 Å². The second kappa shape index (κ2) is 14.1. The Kier molecular flexibility index (Phi) is 8.11. The van der Waals surface area contributed by atoms with E-state index in [-0.39, 0.29) is 0 Å². The van der Waals surface area contributed by atoms with Crippen molar-refractivity contribution in [2.24, 2.45) is 0 Å². The molecule has 10 aromatic carbocycles. The summed E-state index contributed by atoms with van der Waals surface area (Å²) in [5.41, 5.74) is 17.1. The van der Waals surface area contributed by atoms with Gasteiger partial charge in [0.25, 0.3) is 0 Å². The number of hydrogen-bond donors (Lipinski definition) is 0. The maximum atomic E-state index is 6.80. The van der Waals surface area contributed by atoms with Crippen molar-refractivity contribution in [2.45, 2.75) is 5.41 Å². The molecule has 0 spiro atoms. The van der Waals surface area contributed by atoms with Crippen molar-refractivity contribution >= 4 is 49.8 Å². The Morgan fingerprint density at radius 3 is 1.56 bits per heavy atom. The standard InChI is InChI=1S/C59H39NO/c1-5-18-43(19-6-1)59(44-20-7-2-8-21-44)53-29-16-15-27-48(53)51-38-42(36-37-54(51)59)40-32-34-41(35-33-40)50-39-52-57-55(60(45-22-9-3-10-23-45)46-24-11-4-12-25-46)30-17-31-56(57)61-58(52)49-28-14-13-26-47(49)50/h1-39H. The smallest absolute Gasteiger partial charge is 0.143 e. The van der Waals surface area contributed by atoms with E-state index in [0.717, 1.165) is 50.0 Å². The van der Waals surface area contributed by atoms with Gasteiger partial charge in [0.1, 0.15) is 11.2 Å². The van der Waals surface area contributed by atoms with E-state index in [1.807, 2.05) is 0 Å². The first-order valence-electron chi connectivity index (χ1n) is 21.0. The summed E-state index contributed by atoms with van der Waals surface area (Å²) in [6, 6.07) is 85.7. The molecule has 2 nitrogen and oxygen atoms in total. The normalized spacial score (nSPS) is 12.7. The van der Waals surface area contributed by atoms with E-state index in [4.69, 9.17) is 4.42 Å². The van der Waals surface area contributed by atoms with Gasteiger partial charge in [-0.25, -0.2) is 0 Å². The fourth-order valence-electron chi connectivity index (χ4n) is 10.1. The summed E-state index contributed by atoms with van der Waals surface area (Å²) >= 11 is 0. The molecule has 12 rings (SSSR count). The zero-order valence-electron chi connectivity index (χ0n) is 33.4. The van der Waals surface area contributed by atoms with E-state index in [2.05, 4.69) is 241 Å². The molecule has 0 N–H and O–H groups in total. The van der Waals surface area contributed by atoms with E-state index >= 15 is 0 Å². The Morgan fingerprint density at radius 2 is 0.885 bits per heavy atom. The van der Waals surface area contributed by atoms with Crippen molar-refractivity contribution < 1.29 is 4.42 Å². The van der Waals surface area contributed by atoms with Crippen LogP contribution in [0.2, 0.25) is 0 Å². The fraction of sp³-hybridized carbons (Fsp3) is 0.0169. The van der Waals surface area contributed by atoms with Crippen LogP contribution in [0.25, 0.3) is 66.1 Å². The van der Waals surface area contributed by atoms with Crippen LogP contribution in [0.15, 0.2) is 241 Å². The van der Waals surface area contributed by atoms with Crippen molar-refractivity contribution in [3.63, 3.8) is 0 Å². The summed E-state index contributed by atoms with van der Waals surface area (Å²) in [5.74, 6) is 0. The molecule has 0 radical (unpaired) electrons. The molecule has 0 saturated carbocycles. The molecule has 1 aliphatic rings. The second-order valence-electron chi connectivity index (χ2n) is 16.0. The van der Waals surface area contributed by atoms with Crippen molar-refractivity contribution in [3.05, 3.63) is 259 Å². The van der Waals surface area contributed by atoms with Crippen LogP contribution in [0, 0.1) is 0 Å². The minimum absolute atomic E-state index is 0.410. The van der Waals surface area contributed by atoms with Gasteiger partial charge >= 0.3 is 0 Å². The molecular weight excluding hydrogens is 739 g/mol. The largest absolute Gasteiger partial charge is 0.455 e. The number of anilines is 3. The summed E-state index contributed by atoms with van der Waals surface area (Å²) in [6.07, 6.45) is 0. The lowest BCUT2D eigenvalue weighted by atomic mass is 9.67. The maximum absolute atomic E-state index is 6.80. The fourth-order valence-corrected chi connectivity index (χ4v) is 10.1. The second-order valence-corrected chi connectivity index (χ2v) is 16.0. The molecule has 61 heavy (non-hydrogen) atoms. The summed E-state index contributed by atoms with van der Waals surface area (Å²) in [4.78, 5) is 2.33. The first-order chi connectivity index (χ1) is 30.3. The van der Waals surface area contributed by atoms with Crippen LogP contribution in [0.1, 0.15) is 22.3 Å². The Labute approximate surface area is 355 Å². The molecule has 0 bridgehead atoms. The topological polar surface area (TPSA) is 16.4 Å². The molecular formula is C59H39NO. The molecule has 1 aromatic heterocycles. The molecule has 286 valence electrons. The van der Waals surface area contributed by atoms with Crippen LogP contribution in [0.4, 0.5) is 17.1 Å². The van der Waals surface area contributed by atoms with Crippen LogP contribution in [0.3, 0.4) is 0 Å². The minimum Gasteiger partial charge on any atom is -0.455 e. The Balaban J connectivity index is 1.00. The van der Waals surface area contributed by atoms with Gasteiger partial charge in [0, 0.05) is 22.1 Å². The molecule has 0 unspecified atom stereocenters. The lowest BCUT2D eigenvalue weighted by molar-refractivity contribution is 0.672. The first kappa shape index (κ1) is 35.0. The summed E-state index contributed by atoms with van der Waals surface area (Å²) < 4.78 is 6.80. The molecule has 2 heteroatoms. The quantitative estimate of drug-likeness (QED) is 0.160. The summed E-state index contributed by atoms with van der Waals surface area (Å²) in [6.45, 7) is 0. The predicted molar refractivity (Wildman–Crippen MR) is 254 cm³/mol. The van der Waals surface area contributed by atoms with Gasteiger partial charge in [-0.1, -0.05) is 188 Å². The molecule has 0 fully saturated rings. The van der Waals surface area contributed by atoms with Crippen LogP contribution >= 0.6 is 0 Å². The number of furan rings is 1. The van der Waals surface area contributed by atoms with E-state index in [0.29, 0.717) is 0 Å². The highest BCUT2D eigenvalue weighted by Crippen LogP contribution is 2.56. The van der Waals surface area contributed by atoms with E-state index in [1.165, 1.54) is 55.5 Å². The zero-order chi connectivity index (χ0) is 40.3. The van der Waals surface area contributed by atoms with Gasteiger partial charge in [-0.05, 0) is 110 Å². The van der Waals surface area contributed by atoms with Crippen molar-refractivity contribution in [3.8, 4) is 33.4 Å². The molecule has 11 aromatic rings. The number of nitrogens with zero attached hydrogens (tertiary/aromatic N) is 1. The van der Waals surface area contributed by atoms with Crippen molar-refractivity contribution in [1.82, 2.24) is 0 Å². The Hall–Kier alpha value is -7.94. The highest BCUT2D eigenvalue weighted by atomic mass is 16.3. The van der Waals surface area contributed by atoms with Crippen LogP contribution in [0.5, 0.6) is 0 Å². The maximum Gasteiger partial charge on any atom is 0.143 e. The first-order valence-corrected chi connectivity index (χ1v) is 21.0. The van der Waals surface area contributed by atoms with Gasteiger partial charge in [0.05, 0.1) is 16.5 Å². The zero-order valence-corrected chi connectivity index (χ0v) is 33.4. The molecule has 0 atom stereocenters. The van der Waals surface area contributed by atoms with Crippen LogP contribution < -0.4 is 4.90 Å². The number of fused-ring (bicyclic) bond motifs is 8. The molecule has 0 amide bonds. The summed E-state index contributed by atoms with van der Waals surface area (Å²) in [5, 5.41) is 4.45. The average Bonchev–Trinajstić information content (AvgIpc) is 3.87. The Bertz CT molecular complexity index is 3310. The van der Waals surface area contributed by atoms with E-state index in [9.17, 15) is 0 Å². The summed E-state index contributed by atoms with van der Waals surface area (Å²) in [7, 11) is 0. The minimum atomic E-state index is -0.410. The van der Waals surface area contributed by atoms with Crippen LogP contribution in [-0.4, -0.2) is 0 Å². The Morgan fingerprint density at radius 1 is 0.344 bits per heavy atom. The molecule has 1 heterocycles. The average molecular weight is 778 g/mol.